The second-order valence-corrected chi connectivity index (χ2v) is 7.24. The summed E-state index contributed by atoms with van der Waals surface area (Å²) in [4.78, 5) is 32.7. The maximum atomic E-state index is 12.0. The van der Waals surface area contributed by atoms with Gasteiger partial charge in [-0.25, -0.2) is 4.98 Å². The number of thioether (sulfide) groups is 1. The van der Waals surface area contributed by atoms with Crippen LogP contribution in [0.15, 0.2) is 62.2 Å². The molecule has 1 N–H and O–H groups in total. The Morgan fingerprint density at radius 3 is 2.92 bits per heavy atom. The fourth-order valence-electron chi connectivity index (χ4n) is 2.36. The van der Waals surface area contributed by atoms with E-state index in [9.17, 15) is 9.59 Å². The second-order valence-electron chi connectivity index (χ2n) is 5.25. The quantitative estimate of drug-likeness (QED) is 0.517. The number of likely N-dealkylation sites (N-methyl/N-ethyl adjacent to an activating group) is 1. The van der Waals surface area contributed by atoms with E-state index < -0.39 is 0 Å². The van der Waals surface area contributed by atoms with Crippen LogP contribution in [0.3, 0.4) is 0 Å². The summed E-state index contributed by atoms with van der Waals surface area (Å²) in [5.41, 5.74) is 1.83. The first kappa shape index (κ1) is 16.8. The number of nitrogens with one attached hydrogen (secondary N) is 1. The lowest BCUT2D eigenvalue weighted by Crippen LogP contribution is -2.27. The summed E-state index contributed by atoms with van der Waals surface area (Å²) >= 11 is 2.18. The van der Waals surface area contributed by atoms with Gasteiger partial charge in [-0.1, -0.05) is 12.1 Å². The summed E-state index contributed by atoms with van der Waals surface area (Å²) < 4.78 is 11.0. The zero-order valence-electron chi connectivity index (χ0n) is 13.6. The molecule has 3 aromatic rings. The summed E-state index contributed by atoms with van der Waals surface area (Å²) in [6, 6.07) is 11.1. The Balaban J connectivity index is 1.44. The number of imide groups is 1. The summed E-state index contributed by atoms with van der Waals surface area (Å²) in [6.45, 7) is 2.08. The number of para-hydroxylation sites is 2. The standard InChI is InChI=1S/C17H13N3O4S2/c1-2-20-15(21)12(25-17(20)22)9-23-13-7-8-14(24-13)26-16-18-10-5-3-4-6-11(10)19-16/h3-9H,2H2,1H3,(H,18,19)/b12-9+. The highest BCUT2D eigenvalue weighted by Crippen LogP contribution is 2.33. The smallest absolute Gasteiger partial charge is 0.293 e. The van der Waals surface area contributed by atoms with Crippen LogP contribution in [0.1, 0.15) is 6.92 Å². The van der Waals surface area contributed by atoms with Crippen LogP contribution in [0, 0.1) is 0 Å². The molecule has 1 aliphatic heterocycles. The number of carbonyl (C=O) groups is 2. The number of carbonyl (C=O) groups excluding carboxylic acids is 2. The third-order valence-electron chi connectivity index (χ3n) is 3.59. The number of ether oxygens (including phenoxy) is 1. The molecule has 132 valence electrons. The SMILES string of the molecule is CCN1C(=O)S/C(=C/Oc2ccc(Sc3nc4ccccc4[nH]3)o2)C1=O. The molecule has 0 saturated carbocycles. The zero-order valence-corrected chi connectivity index (χ0v) is 15.2. The predicted octanol–water partition coefficient (Wildman–Crippen LogP) is 4.24. The molecule has 2 aromatic heterocycles. The van der Waals surface area contributed by atoms with Crippen LogP contribution < -0.4 is 4.74 Å². The Hall–Kier alpha value is -2.65. The molecule has 3 heterocycles. The van der Waals surface area contributed by atoms with Gasteiger partial charge in [-0.05, 0) is 48.6 Å². The minimum absolute atomic E-state index is 0.229. The Kier molecular flexibility index (Phi) is 4.48. The number of furan rings is 1. The molecule has 26 heavy (non-hydrogen) atoms. The molecule has 0 unspecified atom stereocenters. The van der Waals surface area contributed by atoms with Crippen LogP contribution >= 0.6 is 23.5 Å². The van der Waals surface area contributed by atoms with E-state index in [1.54, 1.807) is 19.1 Å². The summed E-state index contributed by atoms with van der Waals surface area (Å²) in [6.07, 6.45) is 1.25. The molecule has 1 fully saturated rings. The van der Waals surface area contributed by atoms with Crippen molar-refractivity contribution in [2.75, 3.05) is 6.54 Å². The number of imidazole rings is 1. The van der Waals surface area contributed by atoms with E-state index in [1.807, 2.05) is 24.3 Å². The van der Waals surface area contributed by atoms with Crippen molar-refractivity contribution in [3.63, 3.8) is 0 Å². The van der Waals surface area contributed by atoms with E-state index >= 15 is 0 Å². The molecule has 1 saturated heterocycles. The number of rotatable bonds is 5. The van der Waals surface area contributed by atoms with Crippen molar-refractivity contribution in [3.05, 3.63) is 47.6 Å². The van der Waals surface area contributed by atoms with Gasteiger partial charge in [0.2, 0.25) is 0 Å². The van der Waals surface area contributed by atoms with E-state index in [-0.39, 0.29) is 22.0 Å². The minimum atomic E-state index is -0.356. The van der Waals surface area contributed by atoms with Gasteiger partial charge >= 0.3 is 0 Å². The van der Waals surface area contributed by atoms with Gasteiger partial charge in [0.25, 0.3) is 17.1 Å². The lowest BCUT2D eigenvalue weighted by Gasteiger charge is -2.06. The van der Waals surface area contributed by atoms with Crippen molar-refractivity contribution >= 4 is 45.7 Å². The molecular formula is C17H13N3O4S2. The molecular weight excluding hydrogens is 374 g/mol. The Bertz CT molecular complexity index is 991. The van der Waals surface area contributed by atoms with Crippen LogP contribution in [0.2, 0.25) is 0 Å². The van der Waals surface area contributed by atoms with Crippen LogP contribution in [-0.4, -0.2) is 32.6 Å². The first-order chi connectivity index (χ1) is 12.6. The van der Waals surface area contributed by atoms with Crippen molar-refractivity contribution in [2.45, 2.75) is 17.2 Å². The van der Waals surface area contributed by atoms with Gasteiger partial charge in [0.1, 0.15) is 11.2 Å². The van der Waals surface area contributed by atoms with Crippen molar-refractivity contribution in [1.29, 1.82) is 0 Å². The molecule has 9 heteroatoms. The lowest BCUT2D eigenvalue weighted by atomic mass is 10.3. The number of benzene rings is 1. The van der Waals surface area contributed by atoms with Gasteiger partial charge in [0.05, 0.1) is 11.0 Å². The van der Waals surface area contributed by atoms with Gasteiger partial charge in [-0.3, -0.25) is 14.5 Å². The van der Waals surface area contributed by atoms with Crippen molar-refractivity contribution in [2.24, 2.45) is 0 Å². The molecule has 1 aromatic carbocycles. The topological polar surface area (TPSA) is 88.4 Å². The third kappa shape index (κ3) is 3.23. The molecule has 0 atom stereocenters. The Labute approximate surface area is 156 Å². The van der Waals surface area contributed by atoms with E-state index in [2.05, 4.69) is 9.97 Å². The summed E-state index contributed by atoms with van der Waals surface area (Å²) in [7, 11) is 0. The highest BCUT2D eigenvalue weighted by Gasteiger charge is 2.34. The number of amides is 2. The third-order valence-corrected chi connectivity index (χ3v) is 5.29. The number of hydrogen-bond donors (Lipinski definition) is 1. The largest absolute Gasteiger partial charge is 0.433 e. The van der Waals surface area contributed by atoms with E-state index in [0.29, 0.717) is 16.8 Å². The van der Waals surface area contributed by atoms with Gasteiger partial charge in [-0.15, -0.1) is 0 Å². The fourth-order valence-corrected chi connectivity index (χ4v) is 3.92. The predicted molar refractivity (Wildman–Crippen MR) is 98.0 cm³/mol. The first-order valence-electron chi connectivity index (χ1n) is 7.77. The molecule has 0 aliphatic carbocycles. The van der Waals surface area contributed by atoms with Crippen LogP contribution in [0.25, 0.3) is 11.0 Å². The molecule has 4 rings (SSSR count). The van der Waals surface area contributed by atoms with E-state index in [4.69, 9.17) is 9.15 Å². The maximum absolute atomic E-state index is 12.0. The maximum Gasteiger partial charge on any atom is 0.293 e. The first-order valence-corrected chi connectivity index (χ1v) is 9.40. The van der Waals surface area contributed by atoms with Gasteiger partial charge in [0.15, 0.2) is 10.2 Å². The average molecular weight is 387 g/mol. The van der Waals surface area contributed by atoms with Gasteiger partial charge in [0, 0.05) is 12.6 Å². The zero-order chi connectivity index (χ0) is 18.1. The van der Waals surface area contributed by atoms with Gasteiger partial charge < -0.3 is 14.1 Å². The Morgan fingerprint density at radius 2 is 2.15 bits per heavy atom. The number of H-pyrrole nitrogens is 1. The van der Waals surface area contributed by atoms with Crippen molar-refractivity contribution < 1.29 is 18.7 Å². The number of aromatic nitrogens is 2. The Morgan fingerprint density at radius 1 is 1.31 bits per heavy atom. The minimum Gasteiger partial charge on any atom is -0.433 e. The number of hydrogen-bond acceptors (Lipinski definition) is 7. The molecule has 0 radical (unpaired) electrons. The highest BCUT2D eigenvalue weighted by atomic mass is 32.2. The number of fused-ring (bicyclic) bond motifs is 1. The molecule has 2 amide bonds. The van der Waals surface area contributed by atoms with Crippen molar-refractivity contribution in [3.8, 4) is 5.95 Å². The molecule has 0 bridgehead atoms. The number of aromatic amines is 1. The number of nitrogens with zero attached hydrogens (tertiary/aromatic N) is 2. The van der Waals surface area contributed by atoms with E-state index in [0.717, 1.165) is 27.7 Å². The fraction of sp³-hybridized carbons (Fsp3) is 0.118. The molecule has 1 aliphatic rings. The highest BCUT2D eigenvalue weighted by molar-refractivity contribution is 8.18. The second kappa shape index (κ2) is 6.93. The normalized spacial score (nSPS) is 16.2. The van der Waals surface area contributed by atoms with Crippen LogP contribution in [0.4, 0.5) is 4.79 Å². The summed E-state index contributed by atoms with van der Waals surface area (Å²) in [5.74, 6) is -0.127. The van der Waals surface area contributed by atoms with Gasteiger partial charge in [-0.2, -0.15) is 0 Å². The average Bonchev–Trinajstić information content (AvgIpc) is 3.31. The van der Waals surface area contributed by atoms with Crippen molar-refractivity contribution in [1.82, 2.24) is 14.9 Å². The lowest BCUT2D eigenvalue weighted by molar-refractivity contribution is -0.122. The van der Waals surface area contributed by atoms with Crippen LogP contribution in [-0.2, 0) is 4.79 Å². The summed E-state index contributed by atoms with van der Waals surface area (Å²) in [5, 5.41) is 0.998. The molecule has 7 nitrogen and oxygen atoms in total. The van der Waals surface area contributed by atoms with E-state index in [1.165, 1.54) is 18.0 Å². The van der Waals surface area contributed by atoms with Crippen LogP contribution in [0.5, 0.6) is 5.95 Å². The monoisotopic (exact) mass is 387 g/mol. The molecule has 0 spiro atoms.